The molecule has 0 bridgehead atoms. The average Bonchev–Trinajstić information content (AvgIpc) is 2.14. The maximum Gasteiger partial charge on any atom is 0.184 e. The van der Waals surface area contributed by atoms with Crippen LogP contribution in [0.15, 0.2) is 27.8 Å². The molecule has 15 heavy (non-hydrogen) atoms. The minimum Gasteiger partial charge on any atom is -0.375 e. The molecule has 0 aromatic heterocycles. The van der Waals surface area contributed by atoms with Gasteiger partial charge in [0.1, 0.15) is 5.82 Å². The Kier molecular flexibility index (Phi) is 4.16. The molecule has 1 aromatic rings. The van der Waals surface area contributed by atoms with E-state index in [9.17, 15) is 4.39 Å². The Balaban J connectivity index is 2.95. The molecule has 0 saturated carbocycles. The zero-order valence-electron chi connectivity index (χ0n) is 7.92. The van der Waals surface area contributed by atoms with Crippen molar-refractivity contribution in [2.45, 2.75) is 6.92 Å². The van der Waals surface area contributed by atoms with E-state index >= 15 is 0 Å². The zero-order chi connectivity index (χ0) is 11.4. The molecule has 1 aromatic carbocycles. The quantitative estimate of drug-likeness (QED) is 0.498. The van der Waals surface area contributed by atoms with E-state index in [1.54, 1.807) is 19.1 Å². The van der Waals surface area contributed by atoms with Crippen LogP contribution in [0.5, 0.6) is 0 Å². The van der Waals surface area contributed by atoms with Crippen LogP contribution in [0.25, 0.3) is 0 Å². The molecule has 0 amide bonds. The minimum absolute atomic E-state index is 0.0480. The number of nitrogens with two attached hydrogens (primary N) is 1. The summed E-state index contributed by atoms with van der Waals surface area (Å²) in [6, 6.07) is 4.73. The van der Waals surface area contributed by atoms with Gasteiger partial charge >= 0.3 is 0 Å². The number of hydrazone groups is 1. The first-order valence-corrected chi connectivity index (χ1v) is 5.26. The second-order valence-electron chi connectivity index (χ2n) is 2.80. The molecule has 3 nitrogen and oxygen atoms in total. The molecular weight excluding hydrogens is 281 g/mol. The number of hydrogen-bond donors (Lipinski definition) is 2. The van der Waals surface area contributed by atoms with Crippen LogP contribution in [0.1, 0.15) is 12.5 Å². The Morgan fingerprint density at radius 1 is 1.60 bits per heavy atom. The first-order valence-electron chi connectivity index (χ1n) is 4.06. The van der Waals surface area contributed by atoms with Crippen molar-refractivity contribution < 1.29 is 4.39 Å². The maximum absolute atomic E-state index is 13.4. The van der Waals surface area contributed by atoms with Gasteiger partial charge in [0.15, 0.2) is 5.11 Å². The third-order valence-corrected chi connectivity index (χ3v) is 2.24. The topological polar surface area (TPSA) is 50.4 Å². The molecule has 0 saturated heterocycles. The van der Waals surface area contributed by atoms with Crippen molar-refractivity contribution in [3.8, 4) is 0 Å². The SMILES string of the molecule is C/C(=N/NC(N)=S)c1ccc(Br)cc1F. The first-order chi connectivity index (χ1) is 7.00. The lowest BCUT2D eigenvalue weighted by atomic mass is 10.1. The third-order valence-electron chi connectivity index (χ3n) is 1.65. The Hall–Kier alpha value is -1.01. The Morgan fingerprint density at radius 2 is 2.27 bits per heavy atom. The van der Waals surface area contributed by atoms with E-state index in [1.807, 2.05) is 0 Å². The summed E-state index contributed by atoms with van der Waals surface area (Å²) in [5.74, 6) is -0.352. The van der Waals surface area contributed by atoms with E-state index in [2.05, 4.69) is 38.7 Å². The Morgan fingerprint density at radius 3 is 2.80 bits per heavy atom. The number of benzene rings is 1. The number of nitrogens with zero attached hydrogens (tertiary/aromatic N) is 1. The highest BCUT2D eigenvalue weighted by atomic mass is 79.9. The van der Waals surface area contributed by atoms with Crippen LogP contribution in [-0.2, 0) is 0 Å². The van der Waals surface area contributed by atoms with Gasteiger partial charge in [-0.3, -0.25) is 5.43 Å². The second kappa shape index (κ2) is 5.18. The summed E-state index contributed by atoms with van der Waals surface area (Å²) in [6.45, 7) is 1.66. The molecule has 0 radical (unpaired) electrons. The monoisotopic (exact) mass is 289 g/mol. The fourth-order valence-corrected chi connectivity index (χ4v) is 1.36. The van der Waals surface area contributed by atoms with E-state index in [0.717, 1.165) is 0 Å². The molecular formula is C9H9BrFN3S. The lowest BCUT2D eigenvalue weighted by Gasteiger charge is -2.03. The normalized spacial score (nSPS) is 11.3. The molecule has 80 valence electrons. The van der Waals surface area contributed by atoms with Crippen molar-refractivity contribution in [1.29, 1.82) is 0 Å². The molecule has 0 aliphatic heterocycles. The summed E-state index contributed by atoms with van der Waals surface area (Å²) in [7, 11) is 0. The summed E-state index contributed by atoms with van der Waals surface area (Å²) in [5.41, 5.74) is 8.48. The molecule has 0 heterocycles. The summed E-state index contributed by atoms with van der Waals surface area (Å²) in [4.78, 5) is 0. The van der Waals surface area contributed by atoms with Gasteiger partial charge in [0.2, 0.25) is 0 Å². The predicted molar refractivity (Wildman–Crippen MR) is 66.2 cm³/mol. The van der Waals surface area contributed by atoms with Crippen molar-refractivity contribution in [2.75, 3.05) is 0 Å². The van der Waals surface area contributed by atoms with Crippen molar-refractivity contribution in [3.63, 3.8) is 0 Å². The Labute approximate surface area is 101 Å². The van der Waals surface area contributed by atoms with Crippen molar-refractivity contribution in [1.82, 2.24) is 5.43 Å². The summed E-state index contributed by atoms with van der Waals surface area (Å²) < 4.78 is 14.1. The molecule has 6 heteroatoms. The van der Waals surface area contributed by atoms with Crippen molar-refractivity contribution in [3.05, 3.63) is 34.1 Å². The van der Waals surface area contributed by atoms with Crippen molar-refractivity contribution in [2.24, 2.45) is 10.8 Å². The van der Waals surface area contributed by atoms with Gasteiger partial charge in [-0.1, -0.05) is 15.9 Å². The predicted octanol–water partition coefficient (Wildman–Crippen LogP) is 2.15. The van der Waals surface area contributed by atoms with Gasteiger partial charge in [0.05, 0.1) is 5.71 Å². The molecule has 0 aliphatic carbocycles. The zero-order valence-corrected chi connectivity index (χ0v) is 10.3. The van der Waals surface area contributed by atoms with E-state index in [1.165, 1.54) is 6.07 Å². The van der Waals surface area contributed by atoms with Crippen LogP contribution in [0.4, 0.5) is 4.39 Å². The van der Waals surface area contributed by atoms with E-state index in [4.69, 9.17) is 5.73 Å². The van der Waals surface area contributed by atoms with Gasteiger partial charge < -0.3 is 5.73 Å². The van der Waals surface area contributed by atoms with Crippen LogP contribution in [0.3, 0.4) is 0 Å². The van der Waals surface area contributed by atoms with Crippen LogP contribution >= 0.6 is 28.1 Å². The summed E-state index contributed by atoms with van der Waals surface area (Å²) in [6.07, 6.45) is 0. The number of halogens is 2. The molecule has 1 rings (SSSR count). The summed E-state index contributed by atoms with van der Waals surface area (Å²) >= 11 is 7.75. The van der Waals surface area contributed by atoms with Crippen LogP contribution < -0.4 is 11.2 Å². The minimum atomic E-state index is -0.352. The standard InChI is InChI=1S/C9H9BrFN3S/c1-5(13-14-9(12)15)7-3-2-6(10)4-8(7)11/h2-4H,1H3,(H3,12,14,15)/b13-5-. The number of hydrogen-bond acceptors (Lipinski definition) is 2. The van der Waals surface area contributed by atoms with E-state index < -0.39 is 0 Å². The lowest BCUT2D eigenvalue weighted by Crippen LogP contribution is -2.25. The number of rotatable bonds is 2. The summed E-state index contributed by atoms with van der Waals surface area (Å²) in [5, 5.41) is 3.88. The van der Waals surface area contributed by atoms with Crippen LogP contribution in [0, 0.1) is 5.82 Å². The second-order valence-corrected chi connectivity index (χ2v) is 4.15. The van der Waals surface area contributed by atoms with Gasteiger partial charge in [0, 0.05) is 10.0 Å². The molecule has 0 atom stereocenters. The average molecular weight is 290 g/mol. The van der Waals surface area contributed by atoms with Gasteiger partial charge in [0.25, 0.3) is 0 Å². The van der Waals surface area contributed by atoms with E-state index in [-0.39, 0.29) is 10.9 Å². The maximum atomic E-state index is 13.4. The largest absolute Gasteiger partial charge is 0.375 e. The first kappa shape index (κ1) is 12.1. The molecule has 0 spiro atoms. The molecule has 3 N–H and O–H groups in total. The highest BCUT2D eigenvalue weighted by molar-refractivity contribution is 9.10. The van der Waals surface area contributed by atoms with Gasteiger partial charge in [-0.2, -0.15) is 5.10 Å². The highest BCUT2D eigenvalue weighted by Crippen LogP contribution is 2.15. The smallest absolute Gasteiger partial charge is 0.184 e. The van der Waals surface area contributed by atoms with Crippen LogP contribution in [-0.4, -0.2) is 10.8 Å². The van der Waals surface area contributed by atoms with Gasteiger partial charge in [-0.25, -0.2) is 4.39 Å². The highest BCUT2D eigenvalue weighted by Gasteiger charge is 2.05. The number of thiocarbonyl (C=S) groups is 1. The van der Waals surface area contributed by atoms with Crippen LogP contribution in [0.2, 0.25) is 0 Å². The molecule has 0 unspecified atom stereocenters. The number of nitrogens with one attached hydrogen (secondary N) is 1. The van der Waals surface area contributed by atoms with Gasteiger partial charge in [-0.15, -0.1) is 0 Å². The van der Waals surface area contributed by atoms with Crippen molar-refractivity contribution >= 4 is 39.0 Å². The van der Waals surface area contributed by atoms with E-state index in [0.29, 0.717) is 15.7 Å². The Bertz CT molecular complexity index is 420. The fraction of sp³-hybridized carbons (Fsp3) is 0.111. The lowest BCUT2D eigenvalue weighted by molar-refractivity contribution is 0.624. The third kappa shape index (κ3) is 3.56. The van der Waals surface area contributed by atoms with Gasteiger partial charge in [-0.05, 0) is 37.3 Å². The fourth-order valence-electron chi connectivity index (χ4n) is 0.982. The molecule has 0 aliphatic rings. The molecule has 0 fully saturated rings.